The Kier molecular flexibility index (Phi) is 4.92. The van der Waals surface area contributed by atoms with Gasteiger partial charge in [0.15, 0.2) is 0 Å². The minimum atomic E-state index is -2.88. The molecule has 2 heterocycles. The molecule has 0 radical (unpaired) electrons. The molecule has 1 atom stereocenters. The third-order valence-electron chi connectivity index (χ3n) is 4.42. The van der Waals surface area contributed by atoms with Gasteiger partial charge in [-0.15, -0.1) is 0 Å². The lowest BCUT2D eigenvalue weighted by Crippen LogP contribution is -2.39. The molecule has 1 unspecified atom stereocenters. The van der Waals surface area contributed by atoms with Crippen LogP contribution >= 0.6 is 0 Å². The number of carboxylic acids is 1. The molecule has 1 fully saturated rings. The third kappa shape index (κ3) is 3.60. The van der Waals surface area contributed by atoms with E-state index in [1.54, 1.807) is 12.1 Å². The fraction of sp³-hybridized carbons (Fsp3) is 0.333. The van der Waals surface area contributed by atoms with Crippen LogP contribution in [-0.2, 0) is 4.79 Å². The fourth-order valence-electron chi connectivity index (χ4n) is 3.06. The van der Waals surface area contributed by atoms with E-state index >= 15 is 0 Å². The van der Waals surface area contributed by atoms with Crippen LogP contribution in [0.2, 0.25) is 0 Å². The van der Waals surface area contributed by atoms with Crippen LogP contribution in [0.5, 0.6) is 0 Å². The summed E-state index contributed by atoms with van der Waals surface area (Å²) in [7, 11) is 0. The molecule has 1 saturated heterocycles. The minimum absolute atomic E-state index is 0.0684. The van der Waals surface area contributed by atoms with Gasteiger partial charge in [0.25, 0.3) is 6.43 Å². The van der Waals surface area contributed by atoms with Gasteiger partial charge in [-0.1, -0.05) is 18.2 Å². The van der Waals surface area contributed by atoms with Crippen molar-refractivity contribution in [3.05, 3.63) is 47.9 Å². The second kappa shape index (κ2) is 7.13. The second-order valence-corrected chi connectivity index (χ2v) is 6.04. The number of aliphatic carboxylic acids is 1. The van der Waals surface area contributed by atoms with Crippen molar-refractivity contribution < 1.29 is 23.1 Å². The van der Waals surface area contributed by atoms with E-state index in [1.807, 2.05) is 4.90 Å². The first kappa shape index (κ1) is 17.3. The Morgan fingerprint density at radius 3 is 2.72 bits per heavy atom. The first-order chi connectivity index (χ1) is 12.0. The van der Waals surface area contributed by atoms with E-state index in [2.05, 4.69) is 4.98 Å². The summed E-state index contributed by atoms with van der Waals surface area (Å²) in [5, 5.41) is 9.15. The van der Waals surface area contributed by atoms with E-state index in [4.69, 9.17) is 5.11 Å². The van der Waals surface area contributed by atoms with Crippen molar-refractivity contribution in [2.24, 2.45) is 5.92 Å². The van der Waals surface area contributed by atoms with E-state index < -0.39 is 29.7 Å². The fourth-order valence-corrected chi connectivity index (χ4v) is 3.06. The maximum Gasteiger partial charge on any atom is 0.308 e. The topological polar surface area (TPSA) is 53.4 Å². The van der Waals surface area contributed by atoms with E-state index in [0.29, 0.717) is 30.9 Å². The van der Waals surface area contributed by atoms with E-state index in [1.165, 1.54) is 18.3 Å². The summed E-state index contributed by atoms with van der Waals surface area (Å²) >= 11 is 0. The Morgan fingerprint density at radius 2 is 2.08 bits per heavy atom. The highest BCUT2D eigenvalue weighted by atomic mass is 19.3. The molecule has 0 saturated carbocycles. The molecule has 1 aromatic carbocycles. The predicted octanol–water partition coefficient (Wildman–Crippen LogP) is 4.13. The number of carboxylic acid groups (broad SMARTS) is 1. The van der Waals surface area contributed by atoms with Crippen molar-refractivity contribution in [3.63, 3.8) is 0 Å². The Balaban J connectivity index is 1.83. The number of alkyl halides is 2. The van der Waals surface area contributed by atoms with Crippen molar-refractivity contribution >= 4 is 11.8 Å². The maximum absolute atomic E-state index is 14.2. The maximum atomic E-state index is 14.2. The molecule has 1 N–H and O–H groups in total. The van der Waals surface area contributed by atoms with Crippen LogP contribution in [0.3, 0.4) is 0 Å². The minimum Gasteiger partial charge on any atom is -0.481 e. The van der Waals surface area contributed by atoms with Crippen molar-refractivity contribution in [1.29, 1.82) is 0 Å². The number of carbonyl (C=O) groups is 1. The van der Waals surface area contributed by atoms with Gasteiger partial charge in [-0.05, 0) is 25.0 Å². The van der Waals surface area contributed by atoms with Crippen LogP contribution in [0.15, 0.2) is 36.5 Å². The number of benzene rings is 1. The highest BCUT2D eigenvalue weighted by molar-refractivity contribution is 5.71. The summed E-state index contributed by atoms with van der Waals surface area (Å²) in [6.45, 7) is 1.07. The molecule has 0 amide bonds. The number of anilines is 1. The molecule has 1 aromatic heterocycles. The quantitative estimate of drug-likeness (QED) is 0.901. The standard InChI is InChI=1S/C18H17F3N2O2/c19-16-13(4-1-5-14(16)17(20)21)11-6-7-15(22-9-11)23-8-2-3-12(10-23)18(24)25/h1,4-7,9,12,17H,2-3,8,10H2,(H,24,25). The van der Waals surface area contributed by atoms with Gasteiger partial charge in [-0.25, -0.2) is 18.2 Å². The van der Waals surface area contributed by atoms with Crippen LogP contribution in [-0.4, -0.2) is 29.1 Å². The Morgan fingerprint density at radius 1 is 1.28 bits per heavy atom. The summed E-state index contributed by atoms with van der Waals surface area (Å²) < 4.78 is 39.9. The van der Waals surface area contributed by atoms with Crippen LogP contribution in [0.1, 0.15) is 24.8 Å². The van der Waals surface area contributed by atoms with E-state index in [9.17, 15) is 18.0 Å². The number of hydrogen-bond donors (Lipinski definition) is 1. The molecule has 0 aliphatic carbocycles. The lowest BCUT2D eigenvalue weighted by Gasteiger charge is -2.31. The van der Waals surface area contributed by atoms with Crippen LogP contribution in [0.4, 0.5) is 19.0 Å². The summed E-state index contributed by atoms with van der Waals surface area (Å²) in [4.78, 5) is 17.3. The van der Waals surface area contributed by atoms with Gasteiger partial charge >= 0.3 is 5.97 Å². The molecule has 132 valence electrons. The van der Waals surface area contributed by atoms with Gasteiger partial charge in [0.05, 0.1) is 11.5 Å². The van der Waals surface area contributed by atoms with E-state index in [0.717, 1.165) is 12.5 Å². The second-order valence-electron chi connectivity index (χ2n) is 6.04. The number of halogens is 3. The summed E-state index contributed by atoms with van der Waals surface area (Å²) in [5.41, 5.74) is -0.170. The van der Waals surface area contributed by atoms with Crippen molar-refractivity contribution in [2.45, 2.75) is 19.3 Å². The lowest BCUT2D eigenvalue weighted by atomic mass is 9.98. The number of pyridine rings is 1. The Labute approximate surface area is 142 Å². The number of rotatable bonds is 4. The van der Waals surface area contributed by atoms with Crippen molar-refractivity contribution in [2.75, 3.05) is 18.0 Å². The van der Waals surface area contributed by atoms with Gasteiger partial charge in [0, 0.05) is 30.4 Å². The number of aromatic nitrogens is 1. The normalized spacial score (nSPS) is 17.8. The average Bonchev–Trinajstić information content (AvgIpc) is 2.62. The summed E-state index contributed by atoms with van der Waals surface area (Å²) in [6, 6.07) is 7.15. The van der Waals surface area contributed by atoms with Gasteiger partial charge in [-0.3, -0.25) is 4.79 Å². The zero-order valence-electron chi connectivity index (χ0n) is 13.3. The zero-order valence-corrected chi connectivity index (χ0v) is 13.3. The Hall–Kier alpha value is -2.57. The largest absolute Gasteiger partial charge is 0.481 e. The summed E-state index contributed by atoms with van der Waals surface area (Å²) in [6.07, 6.45) is -0.0672. The summed E-state index contributed by atoms with van der Waals surface area (Å²) in [5.74, 6) is -1.61. The first-order valence-corrected chi connectivity index (χ1v) is 7.98. The molecule has 7 heteroatoms. The number of hydrogen-bond acceptors (Lipinski definition) is 3. The third-order valence-corrected chi connectivity index (χ3v) is 4.42. The molecule has 1 aliphatic rings. The van der Waals surface area contributed by atoms with E-state index in [-0.39, 0.29) is 5.56 Å². The molecule has 4 nitrogen and oxygen atoms in total. The molecule has 0 bridgehead atoms. The molecular formula is C18H17F3N2O2. The highest BCUT2D eigenvalue weighted by Gasteiger charge is 2.26. The smallest absolute Gasteiger partial charge is 0.308 e. The van der Waals surface area contributed by atoms with Gasteiger partial charge in [0.2, 0.25) is 0 Å². The highest BCUT2D eigenvalue weighted by Crippen LogP contribution is 2.31. The predicted molar refractivity (Wildman–Crippen MR) is 87.2 cm³/mol. The monoisotopic (exact) mass is 350 g/mol. The zero-order chi connectivity index (χ0) is 18.0. The SMILES string of the molecule is O=C(O)C1CCCN(c2ccc(-c3cccc(C(F)F)c3F)cn2)C1. The average molecular weight is 350 g/mol. The molecule has 0 spiro atoms. The van der Waals surface area contributed by atoms with Crippen LogP contribution in [0, 0.1) is 11.7 Å². The Bertz CT molecular complexity index is 765. The molecule has 25 heavy (non-hydrogen) atoms. The number of nitrogens with zero attached hydrogens (tertiary/aromatic N) is 2. The molecule has 2 aromatic rings. The molecule has 1 aliphatic heterocycles. The van der Waals surface area contributed by atoms with Crippen LogP contribution in [0.25, 0.3) is 11.1 Å². The molecule has 3 rings (SSSR count). The van der Waals surface area contributed by atoms with Crippen molar-refractivity contribution in [1.82, 2.24) is 4.98 Å². The number of piperidine rings is 1. The lowest BCUT2D eigenvalue weighted by molar-refractivity contribution is -0.141. The first-order valence-electron chi connectivity index (χ1n) is 7.98. The molecular weight excluding hydrogens is 333 g/mol. The van der Waals surface area contributed by atoms with Gasteiger partial charge < -0.3 is 10.0 Å². The van der Waals surface area contributed by atoms with Crippen molar-refractivity contribution in [3.8, 4) is 11.1 Å². The van der Waals surface area contributed by atoms with Crippen LogP contribution < -0.4 is 4.90 Å². The van der Waals surface area contributed by atoms with Gasteiger partial charge in [0.1, 0.15) is 11.6 Å². The van der Waals surface area contributed by atoms with Gasteiger partial charge in [-0.2, -0.15) is 0 Å².